The van der Waals surface area contributed by atoms with Crippen LogP contribution < -0.4 is 11.0 Å². The van der Waals surface area contributed by atoms with E-state index in [1.165, 1.54) is 29.2 Å². The highest BCUT2D eigenvalue weighted by atomic mass is 35.5. The third-order valence-electron chi connectivity index (χ3n) is 1.42. The number of hydrogen-bond donors (Lipinski definition) is 4. The van der Waals surface area contributed by atoms with Crippen LogP contribution in [0.15, 0.2) is 18.2 Å². The average Bonchev–Trinajstić information content (AvgIpc) is 2.27. The summed E-state index contributed by atoms with van der Waals surface area (Å²) in [4.78, 5) is 25.3. The number of nitrogens with zero attached hydrogens (tertiary/aromatic N) is 1. The Morgan fingerprint density at radius 1 is 1.00 bits per heavy atom. The van der Waals surface area contributed by atoms with E-state index in [4.69, 9.17) is 10.4 Å². The fourth-order valence-corrected chi connectivity index (χ4v) is 0.802. The predicted octanol–water partition coefficient (Wildman–Crippen LogP) is 0.163. The van der Waals surface area contributed by atoms with Gasteiger partial charge in [-0.25, -0.2) is 15.9 Å². The van der Waals surface area contributed by atoms with Crippen LogP contribution in [0.4, 0.5) is 0 Å². The lowest BCUT2D eigenvalue weighted by atomic mass is 10.3. The van der Waals surface area contributed by atoms with E-state index >= 15 is 0 Å². The molecule has 0 saturated heterocycles. The highest BCUT2D eigenvalue weighted by Crippen LogP contribution is 1.98. The summed E-state index contributed by atoms with van der Waals surface area (Å²) >= 11 is 0. The van der Waals surface area contributed by atoms with Gasteiger partial charge in [0.1, 0.15) is 11.4 Å². The molecule has 0 radical (unpaired) electrons. The molecule has 0 aliphatic carbocycles. The molecule has 0 atom stereocenters. The molecule has 1 heterocycles. The maximum absolute atomic E-state index is 10.9. The molecule has 7 nitrogen and oxygen atoms in total. The fourth-order valence-electron chi connectivity index (χ4n) is 0.802. The van der Waals surface area contributed by atoms with Crippen molar-refractivity contribution in [3.05, 3.63) is 29.6 Å². The molecule has 4 N–H and O–H groups in total. The van der Waals surface area contributed by atoms with Crippen molar-refractivity contribution < 1.29 is 20.0 Å². The van der Waals surface area contributed by atoms with E-state index in [1.807, 2.05) is 0 Å². The second kappa shape index (κ2) is 7.83. The lowest BCUT2D eigenvalue weighted by Crippen LogP contribution is -2.24. The van der Waals surface area contributed by atoms with E-state index in [2.05, 4.69) is 4.98 Å². The van der Waals surface area contributed by atoms with Gasteiger partial charge in [-0.15, -0.1) is 24.8 Å². The van der Waals surface area contributed by atoms with Crippen molar-refractivity contribution in [1.29, 1.82) is 0 Å². The van der Waals surface area contributed by atoms with Crippen LogP contribution in [0.1, 0.15) is 21.0 Å². The molecule has 0 fully saturated rings. The van der Waals surface area contributed by atoms with Crippen molar-refractivity contribution in [2.45, 2.75) is 0 Å². The number of hydrogen-bond acceptors (Lipinski definition) is 5. The molecule has 0 unspecified atom stereocenters. The van der Waals surface area contributed by atoms with Gasteiger partial charge in [0.25, 0.3) is 11.8 Å². The van der Waals surface area contributed by atoms with Gasteiger partial charge in [-0.1, -0.05) is 6.07 Å². The summed E-state index contributed by atoms with van der Waals surface area (Å²) in [5, 5.41) is 16.6. The summed E-state index contributed by atoms with van der Waals surface area (Å²) < 4.78 is 0. The third-order valence-corrected chi connectivity index (χ3v) is 1.42. The lowest BCUT2D eigenvalue weighted by molar-refractivity contribution is 0.0691. The number of halogens is 2. The number of pyridine rings is 1. The molecular formula is C7H9Cl2N3O4. The molecule has 0 bridgehead atoms. The Balaban J connectivity index is 0. The maximum atomic E-state index is 10.9. The first-order chi connectivity index (χ1) is 6.69. The number of nitrogens with one attached hydrogen (secondary N) is 2. The molecule has 0 aliphatic heterocycles. The molecule has 1 rings (SSSR count). The van der Waals surface area contributed by atoms with Gasteiger partial charge in [-0.2, -0.15) is 0 Å². The molecule has 2 amide bonds. The molecule has 0 spiro atoms. The molecule has 0 aromatic carbocycles. The van der Waals surface area contributed by atoms with Crippen molar-refractivity contribution >= 4 is 36.6 Å². The number of aromatic nitrogens is 1. The monoisotopic (exact) mass is 269 g/mol. The third kappa shape index (κ3) is 3.99. The van der Waals surface area contributed by atoms with Crippen molar-refractivity contribution in [2.24, 2.45) is 0 Å². The Labute approximate surface area is 103 Å². The van der Waals surface area contributed by atoms with Gasteiger partial charge in [0, 0.05) is 0 Å². The highest BCUT2D eigenvalue weighted by molar-refractivity contribution is 5.95. The Morgan fingerprint density at radius 3 is 1.69 bits per heavy atom. The number of hydroxylamine groups is 2. The Morgan fingerprint density at radius 2 is 1.38 bits per heavy atom. The standard InChI is InChI=1S/C7H7N3O4.2ClH/c11-6(9-13)4-2-1-3-5(8-4)7(12)10-14;;/h1-3,13-14H,(H,9,11)(H,10,12);2*1H. The molecule has 0 aliphatic rings. The molecule has 1 aromatic rings. The topological polar surface area (TPSA) is 112 Å². The number of carbonyl (C=O) groups is 2. The SMILES string of the molecule is Cl.Cl.O=C(NO)c1cccc(C(=O)NO)n1. The summed E-state index contributed by atoms with van der Waals surface area (Å²) in [6.45, 7) is 0. The largest absolute Gasteiger partial charge is 0.293 e. The zero-order valence-electron chi connectivity index (χ0n) is 7.71. The minimum absolute atomic E-state index is 0. The van der Waals surface area contributed by atoms with E-state index in [0.29, 0.717) is 0 Å². The van der Waals surface area contributed by atoms with Gasteiger partial charge in [0.05, 0.1) is 0 Å². The average molecular weight is 270 g/mol. The van der Waals surface area contributed by atoms with E-state index in [-0.39, 0.29) is 36.2 Å². The summed E-state index contributed by atoms with van der Waals surface area (Å²) in [7, 11) is 0. The van der Waals surface area contributed by atoms with Gasteiger partial charge in [-0.3, -0.25) is 20.0 Å². The molecule has 9 heteroatoms. The quantitative estimate of drug-likeness (QED) is 0.452. The van der Waals surface area contributed by atoms with Gasteiger partial charge < -0.3 is 0 Å². The maximum Gasteiger partial charge on any atom is 0.293 e. The van der Waals surface area contributed by atoms with Crippen molar-refractivity contribution in [1.82, 2.24) is 15.9 Å². The summed E-state index contributed by atoms with van der Waals surface area (Å²) in [5.74, 6) is -1.67. The summed E-state index contributed by atoms with van der Waals surface area (Å²) in [6.07, 6.45) is 0. The minimum atomic E-state index is -0.836. The lowest BCUT2D eigenvalue weighted by Gasteiger charge is -2.00. The van der Waals surface area contributed by atoms with Crippen molar-refractivity contribution in [2.75, 3.05) is 0 Å². The van der Waals surface area contributed by atoms with Crippen molar-refractivity contribution in [3.63, 3.8) is 0 Å². The second-order valence-electron chi connectivity index (χ2n) is 2.29. The first kappa shape index (κ1) is 17.0. The summed E-state index contributed by atoms with van der Waals surface area (Å²) in [5.41, 5.74) is 2.48. The molecule has 1 aromatic heterocycles. The van der Waals surface area contributed by atoms with Crippen LogP contribution in [0, 0.1) is 0 Å². The normalized spacial score (nSPS) is 8.12. The smallest absolute Gasteiger partial charge is 0.288 e. The van der Waals surface area contributed by atoms with E-state index in [9.17, 15) is 9.59 Å². The second-order valence-corrected chi connectivity index (χ2v) is 2.29. The van der Waals surface area contributed by atoms with Gasteiger partial charge >= 0.3 is 0 Å². The molecule has 0 saturated carbocycles. The van der Waals surface area contributed by atoms with Crippen LogP contribution in [-0.4, -0.2) is 27.2 Å². The number of rotatable bonds is 2. The minimum Gasteiger partial charge on any atom is -0.288 e. The molecule has 16 heavy (non-hydrogen) atoms. The van der Waals surface area contributed by atoms with Crippen LogP contribution in [0.25, 0.3) is 0 Å². The van der Waals surface area contributed by atoms with E-state index in [0.717, 1.165) is 0 Å². The van der Waals surface area contributed by atoms with Gasteiger partial charge in [0.2, 0.25) is 0 Å². The highest BCUT2D eigenvalue weighted by Gasteiger charge is 2.10. The van der Waals surface area contributed by atoms with Crippen LogP contribution in [0.3, 0.4) is 0 Å². The van der Waals surface area contributed by atoms with Gasteiger partial charge in [0.15, 0.2) is 0 Å². The van der Waals surface area contributed by atoms with E-state index < -0.39 is 11.8 Å². The fraction of sp³-hybridized carbons (Fsp3) is 0. The van der Waals surface area contributed by atoms with Crippen LogP contribution >= 0.6 is 24.8 Å². The number of amides is 2. The zero-order chi connectivity index (χ0) is 10.6. The van der Waals surface area contributed by atoms with Gasteiger partial charge in [-0.05, 0) is 12.1 Å². The Hall–Kier alpha value is -1.41. The van der Waals surface area contributed by atoms with Crippen LogP contribution in [-0.2, 0) is 0 Å². The Bertz CT molecular complexity index is 343. The zero-order valence-corrected chi connectivity index (χ0v) is 9.34. The van der Waals surface area contributed by atoms with Crippen LogP contribution in [0.5, 0.6) is 0 Å². The first-order valence-electron chi connectivity index (χ1n) is 3.55. The molecule has 90 valence electrons. The first-order valence-corrected chi connectivity index (χ1v) is 3.55. The summed E-state index contributed by atoms with van der Waals surface area (Å²) in [6, 6.07) is 4.00. The number of carbonyl (C=O) groups excluding carboxylic acids is 2. The Kier molecular flexibility index (Phi) is 8.32. The van der Waals surface area contributed by atoms with Crippen molar-refractivity contribution in [3.8, 4) is 0 Å². The van der Waals surface area contributed by atoms with Crippen LogP contribution in [0.2, 0.25) is 0 Å². The predicted molar refractivity (Wildman–Crippen MR) is 57.2 cm³/mol. The molecular weight excluding hydrogens is 261 g/mol. The van der Waals surface area contributed by atoms with E-state index in [1.54, 1.807) is 0 Å².